The zero-order valence-corrected chi connectivity index (χ0v) is 58.4. The van der Waals surface area contributed by atoms with Gasteiger partial charge in [0.2, 0.25) is 0 Å². The maximum Gasteiger partial charge on any atom is 0.330 e. The minimum Gasteiger partial charge on any atom is -0.502 e. The standard InChI is InChI=1S/C30H40N2O6Si.C26H32N2O5Si.C10H14N2O5.C4H8O/c1-7-35-22(3)37-25-18-27(32-19-21(2)28(33)31-29(32)34)38-26(25)20-36-39(30(4,5)6,23-14-10-8-11-15-23)24-16-12-9-13-17-24;1-18-16-28(25(31)27-24(18)30)23-15-21(29)22(33-23)17-32-34(26(2,3)4,19-11-7-5-8-12-19)20-13-9-6-10-14-20;1-5-3-12(10(16)11-9(5)15)8-2-6(14)7(4-13)17-8;1-3-5-4-2/h8-17,19,22,25-27H,7,18,20H2,1-6H3,(H,31,33,34);5-14,16,21-23,29H,15,17H2,1-4H3,(H,27,30,31);3,6-8,13-14H,2,4H2,1H3,(H,11,15,16);3H,1,4H2,2H3/t22?,25-,26-,27-;21-,22-,23-;6-,7-,8-;/m111./s1. The largest absolute Gasteiger partial charge is 0.502 e. The second-order valence-corrected chi connectivity index (χ2v) is 34.2. The van der Waals surface area contributed by atoms with E-state index in [9.17, 15) is 39.0 Å². The Morgan fingerprint density at radius 3 is 1.17 bits per heavy atom. The summed E-state index contributed by atoms with van der Waals surface area (Å²) in [5.41, 5.74) is -1.70. The molecule has 3 saturated heterocycles. The molecule has 10 rings (SSSR count). The average Bonchev–Trinajstić information content (AvgIpc) is 1.04. The highest BCUT2D eigenvalue weighted by Gasteiger charge is 2.53. The lowest BCUT2D eigenvalue weighted by molar-refractivity contribution is -0.172. The van der Waals surface area contributed by atoms with Crippen LogP contribution in [0.4, 0.5) is 0 Å². The van der Waals surface area contributed by atoms with Crippen LogP contribution < -0.4 is 54.5 Å². The first kappa shape index (κ1) is 74.9. The third-order valence-corrected chi connectivity index (χ3v) is 27.0. The van der Waals surface area contributed by atoms with Gasteiger partial charge in [-0.15, -0.1) is 0 Å². The number of hydrogen-bond donors (Lipinski definition) is 6. The molecule has 0 bridgehead atoms. The first-order chi connectivity index (χ1) is 45.1. The molecule has 6 N–H and O–H groups in total. The van der Waals surface area contributed by atoms with Crippen molar-refractivity contribution >= 4 is 37.4 Å². The van der Waals surface area contributed by atoms with E-state index in [-0.39, 0.29) is 48.8 Å². The maximum absolute atomic E-state index is 12.7. The van der Waals surface area contributed by atoms with Gasteiger partial charge < -0.3 is 52.6 Å². The van der Waals surface area contributed by atoms with Crippen molar-refractivity contribution in [2.75, 3.05) is 33.0 Å². The van der Waals surface area contributed by atoms with Crippen molar-refractivity contribution in [3.8, 4) is 0 Å². The third kappa shape index (κ3) is 17.9. The zero-order chi connectivity index (χ0) is 69.4. The fourth-order valence-corrected chi connectivity index (χ4v) is 21.4. The molecular weight excluding hydrogens is 1250 g/mol. The molecule has 23 nitrogen and oxygen atoms in total. The van der Waals surface area contributed by atoms with E-state index in [0.29, 0.717) is 29.7 Å². The normalized spacial score (nSPS) is 21.5. The molecule has 95 heavy (non-hydrogen) atoms. The summed E-state index contributed by atoms with van der Waals surface area (Å²) in [7, 11) is -5.60. The molecule has 0 aliphatic carbocycles. The predicted molar refractivity (Wildman–Crippen MR) is 368 cm³/mol. The highest BCUT2D eigenvalue weighted by molar-refractivity contribution is 7.00. The van der Waals surface area contributed by atoms with Crippen LogP contribution in [0.1, 0.15) is 117 Å². The van der Waals surface area contributed by atoms with Gasteiger partial charge >= 0.3 is 17.1 Å². The Bertz CT molecular complexity index is 3870. The lowest BCUT2D eigenvalue weighted by atomic mass is 10.2. The van der Waals surface area contributed by atoms with E-state index >= 15 is 0 Å². The molecule has 0 amide bonds. The number of hydrogen-bond acceptors (Lipinski definition) is 17. The summed E-state index contributed by atoms with van der Waals surface area (Å²) in [6.45, 7) is 28.5. The number of nitrogens with zero attached hydrogens (tertiary/aromatic N) is 3. The Hall–Kier alpha value is -7.51. The van der Waals surface area contributed by atoms with Crippen molar-refractivity contribution in [1.29, 1.82) is 0 Å². The van der Waals surface area contributed by atoms with Crippen molar-refractivity contribution in [3.63, 3.8) is 0 Å². The molecule has 6 heterocycles. The topological polar surface area (TPSA) is 299 Å². The number of benzene rings is 4. The van der Waals surface area contributed by atoms with E-state index in [4.69, 9.17) is 37.6 Å². The van der Waals surface area contributed by atoms with E-state index in [2.05, 4.69) is 141 Å². The van der Waals surface area contributed by atoms with E-state index < -0.39 is 106 Å². The number of aliphatic hydroxyl groups excluding tert-OH is 3. The second-order valence-electron chi connectivity index (χ2n) is 25.6. The number of nitrogens with one attached hydrogen (secondary N) is 3. The summed E-state index contributed by atoms with van der Waals surface area (Å²) in [6, 6.07) is 41.4. The van der Waals surface area contributed by atoms with Gasteiger partial charge in [-0.2, -0.15) is 0 Å². The number of aryl methyl sites for hydroxylation is 3. The van der Waals surface area contributed by atoms with Gasteiger partial charge in [-0.05, 0) is 72.4 Å². The number of aromatic amines is 3. The summed E-state index contributed by atoms with van der Waals surface area (Å²) in [6.07, 6.45) is 0.531. The molecule has 3 aliphatic rings. The van der Waals surface area contributed by atoms with E-state index in [1.807, 2.05) is 69.3 Å². The van der Waals surface area contributed by atoms with Gasteiger partial charge in [0.15, 0.2) is 6.29 Å². The first-order valence-electron chi connectivity index (χ1n) is 32.0. The average molecular weight is 1350 g/mol. The molecule has 3 aromatic heterocycles. The molecule has 3 fully saturated rings. The number of aliphatic hydroxyl groups is 3. The van der Waals surface area contributed by atoms with Gasteiger partial charge in [0.05, 0.1) is 51.0 Å². The van der Waals surface area contributed by atoms with Gasteiger partial charge in [-0.1, -0.05) is 169 Å². The Labute approximate surface area is 555 Å². The third-order valence-electron chi connectivity index (χ3n) is 17.0. The Morgan fingerprint density at radius 2 is 0.863 bits per heavy atom. The highest BCUT2D eigenvalue weighted by Crippen LogP contribution is 2.40. The van der Waals surface area contributed by atoms with Crippen LogP contribution in [0, 0.1) is 20.8 Å². The Morgan fingerprint density at radius 1 is 0.537 bits per heavy atom. The van der Waals surface area contributed by atoms with Crippen LogP contribution >= 0.6 is 0 Å². The fraction of sp³-hybridized carbons (Fsp3) is 0.457. The molecule has 0 radical (unpaired) electrons. The smallest absolute Gasteiger partial charge is 0.330 e. The number of rotatable bonds is 20. The SMILES string of the molecule is C=COCC.CCOC(C)O[C@@H]1C[C@H](n2cc(C)c(=O)[nH]c2=O)O[C@@H]1CO[Si](c1ccccc1)(c1ccccc1)C(C)(C)C.Cc1cn([C@H]2C[C@@H](O)[C@@H](CO)O2)c(=O)[nH]c1=O.Cc1cn([C@H]2C[C@@H](O)[C@@H](CO[Si](c3ccccc3)(c3ccccc3)C(C)(C)C)O2)c(=O)[nH]c1=O. The number of ether oxygens (including phenoxy) is 6. The molecule has 4 aromatic carbocycles. The van der Waals surface area contributed by atoms with E-state index in [0.717, 1.165) is 17.0 Å². The van der Waals surface area contributed by atoms with Gasteiger partial charge in [-0.25, -0.2) is 14.4 Å². The van der Waals surface area contributed by atoms with Crippen molar-refractivity contribution in [3.05, 3.63) is 232 Å². The molecule has 25 heteroatoms. The fourth-order valence-electron chi connectivity index (χ4n) is 12.2. The summed E-state index contributed by atoms with van der Waals surface area (Å²) in [5.74, 6) is 0. The van der Waals surface area contributed by atoms with Crippen LogP contribution in [0.5, 0.6) is 0 Å². The lowest BCUT2D eigenvalue weighted by Crippen LogP contribution is -2.67. The van der Waals surface area contributed by atoms with Crippen LogP contribution in [0.15, 0.2) is 182 Å². The molecule has 3 aliphatic heterocycles. The van der Waals surface area contributed by atoms with Crippen LogP contribution in [-0.2, 0) is 37.3 Å². The lowest BCUT2D eigenvalue weighted by Gasteiger charge is -2.43. The summed E-state index contributed by atoms with van der Waals surface area (Å²) >= 11 is 0. The van der Waals surface area contributed by atoms with E-state index in [1.54, 1.807) is 27.0 Å². The van der Waals surface area contributed by atoms with Gasteiger partial charge in [0, 0.05) is 61.2 Å². The molecule has 514 valence electrons. The quantitative estimate of drug-likeness (QED) is 0.0325. The van der Waals surface area contributed by atoms with Crippen molar-refractivity contribution in [2.24, 2.45) is 0 Å². The molecule has 10 atom stereocenters. The number of H-pyrrole nitrogens is 3. The Kier molecular flexibility index (Phi) is 26.4. The monoisotopic (exact) mass is 1350 g/mol. The molecular formula is C70H94N6O17Si2. The summed E-state index contributed by atoms with van der Waals surface area (Å²) < 4.78 is 52.4. The van der Waals surface area contributed by atoms with Crippen molar-refractivity contribution < 1.29 is 52.6 Å². The minimum absolute atomic E-state index is 0.183. The Balaban J connectivity index is 0.000000206. The van der Waals surface area contributed by atoms with Crippen LogP contribution in [0.3, 0.4) is 0 Å². The maximum atomic E-state index is 12.7. The van der Waals surface area contributed by atoms with Gasteiger partial charge in [-0.3, -0.25) is 43.0 Å². The van der Waals surface area contributed by atoms with Crippen LogP contribution in [0.2, 0.25) is 10.1 Å². The van der Waals surface area contributed by atoms with Crippen LogP contribution in [0.25, 0.3) is 0 Å². The van der Waals surface area contributed by atoms with E-state index in [1.165, 1.54) is 42.7 Å². The van der Waals surface area contributed by atoms with Crippen molar-refractivity contribution in [2.45, 2.75) is 174 Å². The van der Waals surface area contributed by atoms with Crippen LogP contribution in [-0.4, -0.2) is 137 Å². The minimum atomic E-state index is -2.81. The molecule has 0 saturated carbocycles. The molecule has 1 unspecified atom stereocenters. The van der Waals surface area contributed by atoms with Gasteiger partial charge in [0.1, 0.15) is 37.0 Å². The zero-order valence-electron chi connectivity index (χ0n) is 56.4. The second kappa shape index (κ2) is 33.4. The highest BCUT2D eigenvalue weighted by atomic mass is 28.4. The number of aromatic nitrogens is 6. The molecule has 0 spiro atoms. The summed E-state index contributed by atoms with van der Waals surface area (Å²) in [5, 5.41) is 33.5. The summed E-state index contributed by atoms with van der Waals surface area (Å²) in [4.78, 5) is 78.3. The predicted octanol–water partition coefficient (Wildman–Crippen LogP) is 5.20. The molecule has 7 aromatic rings. The first-order valence-corrected chi connectivity index (χ1v) is 35.8. The van der Waals surface area contributed by atoms with Crippen molar-refractivity contribution in [1.82, 2.24) is 28.7 Å². The van der Waals surface area contributed by atoms with Gasteiger partial charge in [0.25, 0.3) is 33.3 Å².